The van der Waals surface area contributed by atoms with E-state index in [0.717, 1.165) is 12.1 Å². The van der Waals surface area contributed by atoms with Crippen LogP contribution in [0.1, 0.15) is 39.1 Å². The van der Waals surface area contributed by atoms with E-state index in [4.69, 9.17) is 4.74 Å². The van der Waals surface area contributed by atoms with Crippen LogP contribution in [0.5, 0.6) is 0 Å². The Labute approximate surface area is 207 Å². The van der Waals surface area contributed by atoms with Gasteiger partial charge in [-0.3, -0.25) is 14.4 Å². The maximum absolute atomic E-state index is 13.4. The van der Waals surface area contributed by atoms with Gasteiger partial charge in [-0.1, -0.05) is 18.2 Å². The maximum atomic E-state index is 13.4. The maximum Gasteiger partial charge on any atom is 0.416 e. The van der Waals surface area contributed by atoms with Crippen LogP contribution >= 0.6 is 0 Å². The number of benzene rings is 2. The molecular weight excluding hydrogens is 475 g/mol. The molecule has 2 heterocycles. The number of halogens is 3. The summed E-state index contributed by atoms with van der Waals surface area (Å²) in [6, 6.07) is 12.1. The van der Waals surface area contributed by atoms with E-state index in [2.05, 4.69) is 5.32 Å². The van der Waals surface area contributed by atoms with Crippen LogP contribution in [-0.4, -0.2) is 73.0 Å². The summed E-state index contributed by atoms with van der Waals surface area (Å²) < 4.78 is 43.8. The highest BCUT2D eigenvalue weighted by molar-refractivity contribution is 5.97. The summed E-state index contributed by atoms with van der Waals surface area (Å²) in [5, 5.41) is 2.92. The molecule has 2 aliphatic rings. The number of hydrogen-bond acceptors (Lipinski definition) is 4. The molecule has 0 aliphatic carbocycles. The molecule has 1 atom stereocenters. The first kappa shape index (κ1) is 25.7. The van der Waals surface area contributed by atoms with E-state index in [0.29, 0.717) is 57.8 Å². The highest BCUT2D eigenvalue weighted by Gasteiger charge is 2.37. The van der Waals surface area contributed by atoms with Crippen molar-refractivity contribution >= 4 is 17.7 Å². The highest BCUT2D eigenvalue weighted by Crippen LogP contribution is 2.30. The highest BCUT2D eigenvalue weighted by atomic mass is 19.4. The second-order valence-electron chi connectivity index (χ2n) is 8.96. The van der Waals surface area contributed by atoms with E-state index in [1.165, 1.54) is 12.1 Å². The molecule has 0 radical (unpaired) electrons. The molecule has 2 aliphatic heterocycles. The van der Waals surface area contributed by atoms with Crippen molar-refractivity contribution in [2.24, 2.45) is 5.92 Å². The SMILES string of the molecule is O=C(N[C@@H](C(=O)N1CCOCC1)C1CCN(C(=O)c2ccc(C(F)(F)F)cc2)CC1)c1ccccc1. The van der Waals surface area contributed by atoms with Gasteiger partial charge in [0.2, 0.25) is 5.91 Å². The molecule has 10 heteroatoms. The molecular formula is C26H28F3N3O4. The molecule has 36 heavy (non-hydrogen) atoms. The summed E-state index contributed by atoms with van der Waals surface area (Å²) >= 11 is 0. The largest absolute Gasteiger partial charge is 0.416 e. The molecule has 4 rings (SSSR count). The summed E-state index contributed by atoms with van der Waals surface area (Å²) in [6.07, 6.45) is -3.52. The number of amides is 3. The number of piperidine rings is 1. The lowest BCUT2D eigenvalue weighted by atomic mass is 9.87. The van der Waals surface area contributed by atoms with Crippen LogP contribution < -0.4 is 5.32 Å². The number of rotatable bonds is 5. The van der Waals surface area contributed by atoms with Crippen molar-refractivity contribution in [1.82, 2.24) is 15.1 Å². The Morgan fingerprint density at radius 2 is 1.44 bits per heavy atom. The molecule has 0 bridgehead atoms. The number of nitrogens with zero attached hydrogens (tertiary/aromatic N) is 2. The summed E-state index contributed by atoms with van der Waals surface area (Å²) in [7, 11) is 0. The van der Waals surface area contributed by atoms with Gasteiger partial charge >= 0.3 is 6.18 Å². The molecule has 2 aromatic carbocycles. The van der Waals surface area contributed by atoms with Crippen LogP contribution in [0.3, 0.4) is 0 Å². The molecule has 7 nitrogen and oxygen atoms in total. The average molecular weight is 504 g/mol. The topological polar surface area (TPSA) is 79.0 Å². The van der Waals surface area contributed by atoms with E-state index in [-0.39, 0.29) is 29.2 Å². The quantitative estimate of drug-likeness (QED) is 0.680. The number of hydrogen-bond donors (Lipinski definition) is 1. The fourth-order valence-electron chi connectivity index (χ4n) is 4.60. The fourth-order valence-corrected chi connectivity index (χ4v) is 4.60. The van der Waals surface area contributed by atoms with Gasteiger partial charge in [0.25, 0.3) is 11.8 Å². The van der Waals surface area contributed by atoms with Crippen LogP contribution in [0.15, 0.2) is 54.6 Å². The molecule has 2 saturated heterocycles. The lowest BCUT2D eigenvalue weighted by Crippen LogP contribution is -2.56. The first-order valence-corrected chi connectivity index (χ1v) is 11.9. The summed E-state index contributed by atoms with van der Waals surface area (Å²) in [6.45, 7) is 2.43. The minimum absolute atomic E-state index is 0.171. The number of alkyl halides is 3. The molecule has 0 aromatic heterocycles. The number of nitrogens with one attached hydrogen (secondary N) is 1. The molecule has 0 unspecified atom stereocenters. The minimum Gasteiger partial charge on any atom is -0.378 e. The van der Waals surface area contributed by atoms with Gasteiger partial charge in [0, 0.05) is 37.3 Å². The van der Waals surface area contributed by atoms with Gasteiger partial charge in [0.15, 0.2) is 0 Å². The average Bonchev–Trinajstić information content (AvgIpc) is 2.91. The monoisotopic (exact) mass is 503 g/mol. The van der Waals surface area contributed by atoms with Crippen molar-refractivity contribution in [3.8, 4) is 0 Å². The standard InChI is InChI=1S/C26H28F3N3O4/c27-26(28,29)21-8-6-20(7-9-21)24(34)31-12-10-18(11-13-31)22(25(35)32-14-16-36-17-15-32)30-23(33)19-4-2-1-3-5-19/h1-9,18,22H,10-17H2,(H,30,33)/t22-/m1/s1. The Hall–Kier alpha value is -3.40. The zero-order valence-corrected chi connectivity index (χ0v) is 19.7. The third-order valence-corrected chi connectivity index (χ3v) is 6.67. The zero-order chi connectivity index (χ0) is 25.7. The fraction of sp³-hybridized carbons (Fsp3) is 0.423. The van der Waals surface area contributed by atoms with Crippen molar-refractivity contribution in [2.75, 3.05) is 39.4 Å². The lowest BCUT2D eigenvalue weighted by molar-refractivity contribution is -0.139. The van der Waals surface area contributed by atoms with Gasteiger partial charge in [-0.2, -0.15) is 13.2 Å². The number of carbonyl (C=O) groups is 3. The van der Waals surface area contributed by atoms with Crippen molar-refractivity contribution in [3.05, 3.63) is 71.3 Å². The number of morpholine rings is 1. The zero-order valence-electron chi connectivity index (χ0n) is 19.7. The summed E-state index contributed by atoms with van der Waals surface area (Å²) in [4.78, 5) is 42.4. The third kappa shape index (κ3) is 6.04. The van der Waals surface area contributed by atoms with Gasteiger partial charge in [-0.25, -0.2) is 0 Å². The van der Waals surface area contributed by atoms with E-state index in [1.807, 2.05) is 0 Å². The Bertz CT molecular complexity index is 1060. The molecule has 2 aromatic rings. The first-order chi connectivity index (χ1) is 17.2. The van der Waals surface area contributed by atoms with Gasteiger partial charge < -0.3 is 19.9 Å². The van der Waals surface area contributed by atoms with Crippen LogP contribution in [-0.2, 0) is 15.7 Å². The van der Waals surface area contributed by atoms with Crippen molar-refractivity contribution < 1.29 is 32.3 Å². The summed E-state index contributed by atoms with van der Waals surface area (Å²) in [5.41, 5.74) is -0.177. The molecule has 0 spiro atoms. The van der Waals surface area contributed by atoms with Crippen LogP contribution in [0.2, 0.25) is 0 Å². The van der Waals surface area contributed by atoms with E-state index in [1.54, 1.807) is 40.1 Å². The second-order valence-corrected chi connectivity index (χ2v) is 8.96. The van der Waals surface area contributed by atoms with Gasteiger partial charge in [-0.15, -0.1) is 0 Å². The minimum atomic E-state index is -4.47. The Balaban J connectivity index is 1.43. The number of ether oxygens (including phenoxy) is 1. The van der Waals surface area contributed by atoms with E-state index >= 15 is 0 Å². The van der Waals surface area contributed by atoms with Crippen LogP contribution in [0.4, 0.5) is 13.2 Å². The predicted octanol–water partition coefficient (Wildman–Crippen LogP) is 3.22. The van der Waals surface area contributed by atoms with Gasteiger partial charge in [0.05, 0.1) is 18.8 Å². The summed E-state index contributed by atoms with van der Waals surface area (Å²) in [5.74, 6) is -1.06. The number of likely N-dealkylation sites (tertiary alicyclic amines) is 1. The van der Waals surface area contributed by atoms with Crippen LogP contribution in [0, 0.1) is 5.92 Å². The second kappa shape index (κ2) is 11.1. The molecule has 0 saturated carbocycles. The van der Waals surface area contributed by atoms with Crippen molar-refractivity contribution in [2.45, 2.75) is 25.1 Å². The van der Waals surface area contributed by atoms with Crippen LogP contribution in [0.25, 0.3) is 0 Å². The molecule has 192 valence electrons. The molecule has 1 N–H and O–H groups in total. The third-order valence-electron chi connectivity index (χ3n) is 6.67. The Kier molecular flexibility index (Phi) is 7.93. The first-order valence-electron chi connectivity index (χ1n) is 11.9. The van der Waals surface area contributed by atoms with Crippen molar-refractivity contribution in [3.63, 3.8) is 0 Å². The van der Waals surface area contributed by atoms with Gasteiger partial charge in [0.1, 0.15) is 6.04 Å². The van der Waals surface area contributed by atoms with Gasteiger partial charge in [-0.05, 0) is 55.2 Å². The molecule has 2 fully saturated rings. The molecule has 3 amide bonds. The number of carbonyl (C=O) groups excluding carboxylic acids is 3. The Morgan fingerprint density at radius 1 is 0.833 bits per heavy atom. The van der Waals surface area contributed by atoms with E-state index < -0.39 is 17.8 Å². The lowest BCUT2D eigenvalue weighted by Gasteiger charge is -2.38. The van der Waals surface area contributed by atoms with E-state index in [9.17, 15) is 27.6 Å². The predicted molar refractivity (Wildman–Crippen MR) is 125 cm³/mol. The Morgan fingerprint density at radius 3 is 2.03 bits per heavy atom. The normalized spacial score (nSPS) is 18.0. The van der Waals surface area contributed by atoms with Crippen molar-refractivity contribution in [1.29, 1.82) is 0 Å². The smallest absolute Gasteiger partial charge is 0.378 e.